The minimum Gasteiger partial charge on any atom is -0.490 e. The smallest absolute Gasteiger partial charge is 0.119 e. The number of aryl methyl sites for hydroxylation is 1. The van der Waals surface area contributed by atoms with E-state index in [-0.39, 0.29) is 0 Å². The predicted octanol–water partition coefficient (Wildman–Crippen LogP) is 6.56. The Balaban J connectivity index is 1.35. The summed E-state index contributed by atoms with van der Waals surface area (Å²) in [5.74, 6) is 4.79. The molecule has 2 saturated carbocycles. The molecule has 1 aromatic carbocycles. The van der Waals surface area contributed by atoms with Gasteiger partial charge in [-0.1, -0.05) is 49.6 Å². The highest BCUT2D eigenvalue weighted by Crippen LogP contribution is 2.41. The highest BCUT2D eigenvalue weighted by atomic mass is 16.5. The van der Waals surface area contributed by atoms with Gasteiger partial charge in [0.05, 0.1) is 0 Å². The fourth-order valence-electron chi connectivity index (χ4n) is 4.59. The van der Waals surface area contributed by atoms with Gasteiger partial charge in [0.2, 0.25) is 0 Å². The van der Waals surface area contributed by atoms with E-state index in [1.807, 2.05) is 0 Å². The minimum absolute atomic E-state index is 0.698. The number of allylic oxidation sites excluding steroid dienone is 1. The van der Waals surface area contributed by atoms with E-state index in [2.05, 4.69) is 50.3 Å². The summed E-state index contributed by atoms with van der Waals surface area (Å²) >= 11 is 0. The molecule has 0 bridgehead atoms. The van der Waals surface area contributed by atoms with Gasteiger partial charge in [-0.2, -0.15) is 0 Å². The van der Waals surface area contributed by atoms with Crippen LogP contribution in [0, 0.1) is 30.6 Å². The SMILES string of the molecule is Cc1ccc(OC/C=C/C2CCC(C3CCC(C)CC3)CC2)cc1. The Morgan fingerprint density at radius 1 is 0.875 bits per heavy atom. The molecule has 2 aliphatic carbocycles. The number of ether oxygens (including phenoxy) is 1. The molecule has 0 aliphatic heterocycles. The van der Waals surface area contributed by atoms with Crippen molar-refractivity contribution in [2.75, 3.05) is 6.61 Å². The second kappa shape index (κ2) is 8.74. The van der Waals surface area contributed by atoms with Crippen LogP contribution in [-0.4, -0.2) is 6.61 Å². The first kappa shape index (κ1) is 17.6. The molecule has 0 saturated heterocycles. The first-order chi connectivity index (χ1) is 11.7. The number of hydrogen-bond acceptors (Lipinski definition) is 1. The van der Waals surface area contributed by atoms with E-state index in [9.17, 15) is 0 Å². The quantitative estimate of drug-likeness (QED) is 0.556. The highest BCUT2D eigenvalue weighted by Gasteiger charge is 2.29. The van der Waals surface area contributed by atoms with Crippen molar-refractivity contribution in [3.05, 3.63) is 42.0 Å². The fourth-order valence-corrected chi connectivity index (χ4v) is 4.59. The summed E-state index contributed by atoms with van der Waals surface area (Å²) in [4.78, 5) is 0. The van der Waals surface area contributed by atoms with Crippen LogP contribution < -0.4 is 4.74 Å². The van der Waals surface area contributed by atoms with Gasteiger partial charge in [-0.15, -0.1) is 0 Å². The van der Waals surface area contributed by atoms with Crippen molar-refractivity contribution in [1.29, 1.82) is 0 Å². The van der Waals surface area contributed by atoms with Gasteiger partial charge < -0.3 is 4.74 Å². The molecule has 0 amide bonds. The van der Waals surface area contributed by atoms with Crippen molar-refractivity contribution in [1.82, 2.24) is 0 Å². The van der Waals surface area contributed by atoms with E-state index in [0.717, 1.165) is 29.4 Å². The zero-order valence-corrected chi connectivity index (χ0v) is 15.5. The zero-order valence-electron chi connectivity index (χ0n) is 15.5. The first-order valence-electron chi connectivity index (χ1n) is 10.1. The number of benzene rings is 1. The second-order valence-corrected chi connectivity index (χ2v) is 8.25. The summed E-state index contributed by atoms with van der Waals surface area (Å²) < 4.78 is 5.79. The largest absolute Gasteiger partial charge is 0.490 e. The first-order valence-corrected chi connectivity index (χ1v) is 10.1. The predicted molar refractivity (Wildman–Crippen MR) is 102 cm³/mol. The maximum atomic E-state index is 5.79. The molecule has 0 aromatic heterocycles. The summed E-state index contributed by atoms with van der Waals surface area (Å²) in [5, 5.41) is 0. The Bertz CT molecular complexity index is 499. The van der Waals surface area contributed by atoms with Crippen LogP contribution in [0.25, 0.3) is 0 Å². The third kappa shape index (κ3) is 5.13. The Labute approximate surface area is 148 Å². The Kier molecular flexibility index (Phi) is 6.40. The normalized spacial score (nSPS) is 31.2. The summed E-state index contributed by atoms with van der Waals surface area (Å²) in [7, 11) is 0. The lowest BCUT2D eigenvalue weighted by atomic mass is 9.69. The molecule has 2 fully saturated rings. The third-order valence-corrected chi connectivity index (χ3v) is 6.32. The number of rotatable bonds is 5. The summed E-state index contributed by atoms with van der Waals surface area (Å²) in [6, 6.07) is 8.32. The summed E-state index contributed by atoms with van der Waals surface area (Å²) in [5.41, 5.74) is 1.28. The summed E-state index contributed by atoms with van der Waals surface area (Å²) in [6.07, 6.45) is 16.3. The van der Waals surface area contributed by atoms with Crippen LogP contribution in [0.3, 0.4) is 0 Å². The molecule has 1 nitrogen and oxygen atoms in total. The Morgan fingerprint density at radius 2 is 1.46 bits per heavy atom. The summed E-state index contributed by atoms with van der Waals surface area (Å²) in [6.45, 7) is 5.23. The fraction of sp³-hybridized carbons (Fsp3) is 0.652. The molecule has 0 spiro atoms. The van der Waals surface area contributed by atoms with E-state index in [1.54, 1.807) is 0 Å². The lowest BCUT2D eigenvalue weighted by Gasteiger charge is -2.36. The second-order valence-electron chi connectivity index (χ2n) is 8.25. The van der Waals surface area contributed by atoms with Crippen LogP contribution in [0.2, 0.25) is 0 Å². The van der Waals surface area contributed by atoms with Crippen molar-refractivity contribution >= 4 is 0 Å². The molecule has 0 N–H and O–H groups in total. The van der Waals surface area contributed by atoms with Gasteiger partial charge in [0.15, 0.2) is 0 Å². The van der Waals surface area contributed by atoms with Gasteiger partial charge >= 0.3 is 0 Å². The molecule has 0 radical (unpaired) electrons. The Hall–Kier alpha value is -1.24. The Morgan fingerprint density at radius 3 is 2.08 bits per heavy atom. The van der Waals surface area contributed by atoms with Crippen molar-refractivity contribution < 1.29 is 4.74 Å². The maximum absolute atomic E-state index is 5.79. The third-order valence-electron chi connectivity index (χ3n) is 6.32. The van der Waals surface area contributed by atoms with E-state index < -0.39 is 0 Å². The van der Waals surface area contributed by atoms with Crippen LogP contribution in [0.1, 0.15) is 63.9 Å². The van der Waals surface area contributed by atoms with E-state index in [4.69, 9.17) is 4.74 Å². The molecular weight excluding hydrogens is 292 g/mol. The van der Waals surface area contributed by atoms with Crippen molar-refractivity contribution in [3.63, 3.8) is 0 Å². The van der Waals surface area contributed by atoms with Gasteiger partial charge in [-0.25, -0.2) is 0 Å². The van der Waals surface area contributed by atoms with Crippen molar-refractivity contribution in [2.24, 2.45) is 23.7 Å². The average molecular weight is 327 g/mol. The molecule has 0 atom stereocenters. The molecule has 1 heteroatoms. The van der Waals surface area contributed by atoms with Crippen LogP contribution in [-0.2, 0) is 0 Å². The van der Waals surface area contributed by atoms with Crippen molar-refractivity contribution in [2.45, 2.75) is 65.2 Å². The molecule has 1 aromatic rings. The lowest BCUT2D eigenvalue weighted by Crippen LogP contribution is -2.24. The van der Waals surface area contributed by atoms with Gasteiger partial charge in [-0.05, 0) is 81.3 Å². The molecule has 0 heterocycles. The van der Waals surface area contributed by atoms with Crippen molar-refractivity contribution in [3.8, 4) is 5.75 Å². The van der Waals surface area contributed by atoms with Gasteiger partial charge in [0.1, 0.15) is 12.4 Å². The van der Waals surface area contributed by atoms with Crippen LogP contribution in [0.5, 0.6) is 5.75 Å². The van der Waals surface area contributed by atoms with Gasteiger partial charge in [-0.3, -0.25) is 0 Å². The maximum Gasteiger partial charge on any atom is 0.119 e. The highest BCUT2D eigenvalue weighted by molar-refractivity contribution is 5.26. The van der Waals surface area contributed by atoms with Crippen LogP contribution in [0.15, 0.2) is 36.4 Å². The zero-order chi connectivity index (χ0) is 16.8. The van der Waals surface area contributed by atoms with Crippen LogP contribution >= 0.6 is 0 Å². The topological polar surface area (TPSA) is 9.23 Å². The van der Waals surface area contributed by atoms with E-state index >= 15 is 0 Å². The van der Waals surface area contributed by atoms with E-state index in [1.165, 1.54) is 56.9 Å². The van der Waals surface area contributed by atoms with E-state index in [0.29, 0.717) is 6.61 Å². The molecule has 2 aliphatic rings. The minimum atomic E-state index is 0.698. The molecular formula is C23H34O. The molecule has 3 rings (SSSR count). The van der Waals surface area contributed by atoms with Crippen LogP contribution in [0.4, 0.5) is 0 Å². The van der Waals surface area contributed by atoms with Gasteiger partial charge in [0, 0.05) is 0 Å². The molecule has 24 heavy (non-hydrogen) atoms. The standard InChI is InChI=1S/C23H34O/c1-18-5-11-21(12-6-18)22-13-9-20(10-14-22)4-3-17-24-23-15-7-19(2)8-16-23/h3-4,7-8,15-16,18,20-22H,5-6,9-14,17H2,1-2H3/b4-3+. The molecule has 0 unspecified atom stereocenters. The van der Waals surface area contributed by atoms with Gasteiger partial charge in [0.25, 0.3) is 0 Å². The average Bonchev–Trinajstić information content (AvgIpc) is 2.62. The number of hydrogen-bond donors (Lipinski definition) is 0. The molecule has 132 valence electrons. The monoisotopic (exact) mass is 326 g/mol. The lowest BCUT2D eigenvalue weighted by molar-refractivity contribution is 0.160.